The number of aryl methyl sites for hydroxylation is 1. The highest BCUT2D eigenvalue weighted by atomic mass is 79.9. The van der Waals surface area contributed by atoms with Gasteiger partial charge in [-0.05, 0) is 40.5 Å². The van der Waals surface area contributed by atoms with Gasteiger partial charge in [0.1, 0.15) is 0 Å². The average Bonchev–Trinajstić information content (AvgIpc) is 3.00. The fraction of sp³-hybridized carbons (Fsp3) is 0.333. The van der Waals surface area contributed by atoms with Gasteiger partial charge in [-0.25, -0.2) is 0 Å². The highest BCUT2D eigenvalue weighted by Crippen LogP contribution is 2.30. The first-order chi connectivity index (χ1) is 11.7. The molecule has 3 aromatic rings. The molecule has 0 amide bonds. The summed E-state index contributed by atoms with van der Waals surface area (Å²) in [4.78, 5) is 6.90. The highest BCUT2D eigenvalue weighted by molar-refractivity contribution is 9.10. The first-order valence-corrected chi connectivity index (χ1v) is 8.89. The third kappa shape index (κ3) is 3.03. The number of fused-ring (bicyclic) bond motifs is 1. The second kappa shape index (κ2) is 6.53. The Kier molecular flexibility index (Phi) is 4.24. The van der Waals surface area contributed by atoms with Crippen LogP contribution in [0.15, 0.2) is 47.3 Å². The van der Waals surface area contributed by atoms with Gasteiger partial charge < -0.3 is 9.64 Å². The van der Waals surface area contributed by atoms with Crippen LogP contribution in [-0.2, 0) is 11.3 Å². The van der Waals surface area contributed by atoms with Gasteiger partial charge in [0, 0.05) is 41.0 Å². The van der Waals surface area contributed by atoms with E-state index in [1.165, 1.54) is 16.6 Å². The summed E-state index contributed by atoms with van der Waals surface area (Å²) in [6, 6.07) is 8.31. The lowest BCUT2D eigenvalue weighted by Crippen LogP contribution is -2.44. The molecular formula is C18H19BrN4O. The Morgan fingerprint density at radius 2 is 2.25 bits per heavy atom. The van der Waals surface area contributed by atoms with E-state index in [9.17, 15) is 0 Å². The minimum atomic E-state index is 0.133. The van der Waals surface area contributed by atoms with Gasteiger partial charge in [0.15, 0.2) is 0 Å². The van der Waals surface area contributed by atoms with Gasteiger partial charge in [-0.3, -0.25) is 9.67 Å². The van der Waals surface area contributed by atoms with Crippen molar-refractivity contribution in [1.29, 1.82) is 0 Å². The van der Waals surface area contributed by atoms with Gasteiger partial charge in [-0.15, -0.1) is 0 Å². The number of pyridine rings is 1. The molecule has 1 saturated heterocycles. The van der Waals surface area contributed by atoms with E-state index in [1.807, 2.05) is 23.1 Å². The molecule has 3 heterocycles. The Labute approximate surface area is 149 Å². The van der Waals surface area contributed by atoms with E-state index in [2.05, 4.69) is 62.2 Å². The predicted octanol–water partition coefficient (Wildman–Crippen LogP) is 3.41. The Morgan fingerprint density at radius 1 is 1.33 bits per heavy atom. The number of nitrogens with zero attached hydrogens (tertiary/aromatic N) is 4. The van der Waals surface area contributed by atoms with Crippen LogP contribution in [0.3, 0.4) is 0 Å². The molecule has 24 heavy (non-hydrogen) atoms. The molecule has 1 fully saturated rings. The molecule has 0 N–H and O–H groups in total. The molecule has 0 saturated carbocycles. The molecule has 0 bridgehead atoms. The summed E-state index contributed by atoms with van der Waals surface area (Å²) in [5.74, 6) is 0. The summed E-state index contributed by atoms with van der Waals surface area (Å²) >= 11 is 3.60. The monoisotopic (exact) mass is 386 g/mol. The third-order valence-electron chi connectivity index (χ3n) is 4.33. The van der Waals surface area contributed by atoms with E-state index in [-0.39, 0.29) is 6.10 Å². The lowest BCUT2D eigenvalue weighted by Gasteiger charge is -2.35. The van der Waals surface area contributed by atoms with Crippen molar-refractivity contribution in [2.75, 3.05) is 24.6 Å². The number of hydrogen-bond acceptors (Lipinski definition) is 4. The van der Waals surface area contributed by atoms with E-state index in [0.717, 1.165) is 36.2 Å². The number of morpholine rings is 1. The molecule has 1 aliphatic heterocycles. The van der Waals surface area contributed by atoms with Crippen LogP contribution in [0.1, 0.15) is 5.56 Å². The number of benzene rings is 1. The van der Waals surface area contributed by atoms with Crippen molar-refractivity contribution in [3.63, 3.8) is 0 Å². The zero-order valence-corrected chi connectivity index (χ0v) is 15.1. The van der Waals surface area contributed by atoms with Crippen molar-refractivity contribution in [3.05, 3.63) is 52.9 Å². The summed E-state index contributed by atoms with van der Waals surface area (Å²) in [6.45, 7) is 5.29. The SMILES string of the molecule is Cc1cnn(CC2CN(c3ccnc4c(Br)cccc34)CCO2)c1. The minimum absolute atomic E-state index is 0.133. The molecule has 1 aliphatic rings. The Morgan fingerprint density at radius 3 is 3.08 bits per heavy atom. The van der Waals surface area contributed by atoms with Crippen LogP contribution in [0.25, 0.3) is 10.9 Å². The van der Waals surface area contributed by atoms with Crippen molar-refractivity contribution in [2.24, 2.45) is 0 Å². The van der Waals surface area contributed by atoms with Crippen LogP contribution in [0.2, 0.25) is 0 Å². The number of anilines is 1. The number of halogens is 1. The Bertz CT molecular complexity index is 863. The number of aromatic nitrogens is 3. The first kappa shape index (κ1) is 15.6. The number of para-hydroxylation sites is 1. The van der Waals surface area contributed by atoms with Crippen LogP contribution in [0, 0.1) is 6.92 Å². The van der Waals surface area contributed by atoms with Crippen molar-refractivity contribution < 1.29 is 4.74 Å². The van der Waals surface area contributed by atoms with Gasteiger partial charge >= 0.3 is 0 Å². The van der Waals surface area contributed by atoms with Crippen molar-refractivity contribution in [1.82, 2.24) is 14.8 Å². The highest BCUT2D eigenvalue weighted by Gasteiger charge is 2.23. The van der Waals surface area contributed by atoms with E-state index >= 15 is 0 Å². The van der Waals surface area contributed by atoms with Crippen LogP contribution < -0.4 is 4.90 Å². The fourth-order valence-corrected chi connectivity index (χ4v) is 3.69. The normalized spacial score (nSPS) is 18.2. The summed E-state index contributed by atoms with van der Waals surface area (Å²) in [7, 11) is 0. The van der Waals surface area contributed by atoms with Crippen LogP contribution in [0.5, 0.6) is 0 Å². The first-order valence-electron chi connectivity index (χ1n) is 8.09. The lowest BCUT2D eigenvalue weighted by molar-refractivity contribution is 0.0275. The third-order valence-corrected chi connectivity index (χ3v) is 4.97. The summed E-state index contributed by atoms with van der Waals surface area (Å²) in [5.41, 5.74) is 3.39. The standard InChI is InChI=1S/C18H19BrN4O/c1-13-9-21-23(10-13)12-14-11-22(7-8-24-14)17-5-6-20-18-15(17)3-2-4-16(18)19/h2-6,9-10,14H,7-8,11-12H2,1H3. The molecule has 2 aromatic heterocycles. The van der Waals surface area contributed by atoms with Gasteiger partial charge in [0.25, 0.3) is 0 Å². The lowest BCUT2D eigenvalue weighted by atomic mass is 10.1. The minimum Gasteiger partial charge on any atom is -0.373 e. The van der Waals surface area contributed by atoms with Crippen LogP contribution >= 0.6 is 15.9 Å². The van der Waals surface area contributed by atoms with Crippen molar-refractivity contribution >= 4 is 32.5 Å². The summed E-state index contributed by atoms with van der Waals surface area (Å²) in [5, 5.41) is 5.54. The molecule has 0 spiro atoms. The van der Waals surface area contributed by atoms with E-state index < -0.39 is 0 Å². The molecule has 124 valence electrons. The molecule has 5 nitrogen and oxygen atoms in total. The largest absolute Gasteiger partial charge is 0.373 e. The fourth-order valence-electron chi connectivity index (χ4n) is 3.23. The van der Waals surface area contributed by atoms with Crippen LogP contribution in [0.4, 0.5) is 5.69 Å². The predicted molar refractivity (Wildman–Crippen MR) is 98.4 cm³/mol. The maximum absolute atomic E-state index is 5.95. The molecule has 1 aromatic carbocycles. The Balaban J connectivity index is 1.59. The van der Waals surface area contributed by atoms with E-state index in [1.54, 1.807) is 0 Å². The number of hydrogen-bond donors (Lipinski definition) is 0. The molecule has 4 rings (SSSR count). The van der Waals surface area contributed by atoms with Gasteiger partial charge in [-0.2, -0.15) is 5.10 Å². The second-order valence-corrected chi connectivity index (χ2v) is 7.00. The zero-order chi connectivity index (χ0) is 16.5. The molecule has 0 aliphatic carbocycles. The molecule has 0 radical (unpaired) electrons. The molecule has 1 atom stereocenters. The topological polar surface area (TPSA) is 43.2 Å². The average molecular weight is 387 g/mol. The molecule has 6 heteroatoms. The smallest absolute Gasteiger partial charge is 0.0946 e. The summed E-state index contributed by atoms with van der Waals surface area (Å²) < 4.78 is 8.94. The molecule has 1 unspecified atom stereocenters. The number of ether oxygens (including phenoxy) is 1. The molecular weight excluding hydrogens is 368 g/mol. The van der Waals surface area contributed by atoms with Gasteiger partial charge in [-0.1, -0.05) is 12.1 Å². The summed E-state index contributed by atoms with van der Waals surface area (Å²) in [6.07, 6.45) is 5.95. The van der Waals surface area contributed by atoms with Crippen molar-refractivity contribution in [2.45, 2.75) is 19.6 Å². The van der Waals surface area contributed by atoms with E-state index in [4.69, 9.17) is 4.74 Å². The maximum Gasteiger partial charge on any atom is 0.0946 e. The van der Waals surface area contributed by atoms with Crippen LogP contribution in [-0.4, -0.2) is 40.6 Å². The van der Waals surface area contributed by atoms with Gasteiger partial charge in [0.2, 0.25) is 0 Å². The Hall–Kier alpha value is -1.92. The van der Waals surface area contributed by atoms with Gasteiger partial charge in [0.05, 0.1) is 31.0 Å². The second-order valence-electron chi connectivity index (χ2n) is 6.14. The maximum atomic E-state index is 5.95. The van der Waals surface area contributed by atoms with Crippen molar-refractivity contribution in [3.8, 4) is 0 Å². The number of rotatable bonds is 3. The zero-order valence-electron chi connectivity index (χ0n) is 13.5. The quantitative estimate of drug-likeness (QED) is 0.691. The van der Waals surface area contributed by atoms with E-state index in [0.29, 0.717) is 0 Å².